The van der Waals surface area contributed by atoms with Crippen LogP contribution in [0.4, 0.5) is 13.2 Å². The smallest absolute Gasteiger partial charge is 0.390 e. The van der Waals surface area contributed by atoms with Gasteiger partial charge in [-0.05, 0) is 40.5 Å². The average Bonchev–Trinajstić information content (AvgIpc) is 2.50. The van der Waals surface area contributed by atoms with Crippen molar-refractivity contribution < 1.29 is 22.6 Å². The number of halogens is 4. The molecule has 0 unspecified atom stereocenters. The van der Waals surface area contributed by atoms with Gasteiger partial charge in [-0.3, -0.25) is 0 Å². The Morgan fingerprint density at radius 3 is 2.46 bits per heavy atom. The lowest BCUT2D eigenvalue weighted by Crippen LogP contribution is -2.38. The Labute approximate surface area is 147 Å². The zero-order valence-electron chi connectivity index (χ0n) is 13.8. The molecule has 0 amide bonds. The van der Waals surface area contributed by atoms with E-state index in [1.165, 1.54) is 14.2 Å². The van der Waals surface area contributed by atoms with E-state index in [1.807, 2.05) is 13.0 Å². The molecule has 24 heavy (non-hydrogen) atoms. The van der Waals surface area contributed by atoms with Gasteiger partial charge >= 0.3 is 6.18 Å². The first-order chi connectivity index (χ1) is 11.3. The van der Waals surface area contributed by atoms with Crippen LogP contribution in [0.2, 0.25) is 0 Å². The van der Waals surface area contributed by atoms with Crippen LogP contribution in [0.5, 0.6) is 11.5 Å². The van der Waals surface area contributed by atoms with Crippen molar-refractivity contribution >= 4 is 21.9 Å². The maximum Gasteiger partial charge on any atom is 0.390 e. The van der Waals surface area contributed by atoms with Gasteiger partial charge < -0.3 is 20.1 Å². The van der Waals surface area contributed by atoms with Crippen LogP contribution in [0.3, 0.4) is 0 Å². The molecule has 1 aromatic rings. The molecule has 0 atom stereocenters. The van der Waals surface area contributed by atoms with Gasteiger partial charge in [0.05, 0.1) is 31.7 Å². The SMILES string of the molecule is CCNC(=NCc1cc(Br)c(OC)c(OC)c1)NCCC(F)(F)F. The number of hydrogen-bond donors (Lipinski definition) is 2. The maximum atomic E-state index is 12.2. The van der Waals surface area contributed by atoms with E-state index in [2.05, 4.69) is 31.6 Å². The van der Waals surface area contributed by atoms with Gasteiger partial charge in [-0.1, -0.05) is 0 Å². The van der Waals surface area contributed by atoms with Gasteiger partial charge in [0.1, 0.15) is 0 Å². The Hall–Kier alpha value is -1.64. The van der Waals surface area contributed by atoms with Crippen LogP contribution in [-0.4, -0.2) is 39.4 Å². The second-order valence-electron chi connectivity index (χ2n) is 4.80. The van der Waals surface area contributed by atoms with Crippen LogP contribution in [0.25, 0.3) is 0 Å². The molecule has 0 aliphatic heterocycles. The highest BCUT2D eigenvalue weighted by atomic mass is 79.9. The van der Waals surface area contributed by atoms with E-state index >= 15 is 0 Å². The van der Waals surface area contributed by atoms with Crippen LogP contribution in [0.15, 0.2) is 21.6 Å². The lowest BCUT2D eigenvalue weighted by Gasteiger charge is -2.13. The summed E-state index contributed by atoms with van der Waals surface area (Å²) in [4.78, 5) is 4.29. The van der Waals surface area contributed by atoms with Gasteiger partial charge in [0.25, 0.3) is 0 Å². The first-order valence-corrected chi connectivity index (χ1v) is 8.09. The third kappa shape index (κ3) is 6.86. The Morgan fingerprint density at radius 2 is 1.92 bits per heavy atom. The lowest BCUT2D eigenvalue weighted by atomic mass is 10.2. The molecule has 0 aliphatic rings. The summed E-state index contributed by atoms with van der Waals surface area (Å²) in [6.07, 6.45) is -5.11. The Bertz CT molecular complexity index is 566. The number of rotatable bonds is 7. The van der Waals surface area contributed by atoms with Gasteiger partial charge in [0.15, 0.2) is 17.5 Å². The van der Waals surface area contributed by atoms with Crippen molar-refractivity contribution in [3.05, 3.63) is 22.2 Å². The van der Waals surface area contributed by atoms with Crippen molar-refractivity contribution in [3.63, 3.8) is 0 Å². The number of aliphatic imine (C=N–C) groups is 1. The summed E-state index contributed by atoms with van der Waals surface area (Å²) in [7, 11) is 3.06. The number of guanidine groups is 1. The summed E-state index contributed by atoms with van der Waals surface area (Å²) in [5.74, 6) is 1.44. The number of benzene rings is 1. The van der Waals surface area contributed by atoms with E-state index in [9.17, 15) is 13.2 Å². The van der Waals surface area contributed by atoms with Gasteiger partial charge in [-0.25, -0.2) is 4.99 Å². The summed E-state index contributed by atoms with van der Waals surface area (Å²) in [6, 6.07) is 3.59. The highest BCUT2D eigenvalue weighted by Gasteiger charge is 2.26. The first-order valence-electron chi connectivity index (χ1n) is 7.30. The van der Waals surface area contributed by atoms with Crippen LogP contribution in [0, 0.1) is 0 Å². The lowest BCUT2D eigenvalue weighted by molar-refractivity contribution is -0.132. The number of nitrogens with zero attached hydrogens (tertiary/aromatic N) is 1. The van der Waals surface area contributed by atoms with Crippen LogP contribution in [-0.2, 0) is 6.54 Å². The fourth-order valence-corrected chi connectivity index (χ4v) is 2.55. The van der Waals surface area contributed by atoms with Crippen molar-refractivity contribution in [3.8, 4) is 11.5 Å². The van der Waals surface area contributed by atoms with E-state index in [1.54, 1.807) is 6.07 Å². The zero-order chi connectivity index (χ0) is 18.2. The largest absolute Gasteiger partial charge is 0.493 e. The second-order valence-corrected chi connectivity index (χ2v) is 5.65. The van der Waals surface area contributed by atoms with Crippen molar-refractivity contribution in [2.24, 2.45) is 4.99 Å². The fraction of sp³-hybridized carbons (Fsp3) is 0.533. The quantitative estimate of drug-likeness (QED) is 0.532. The Morgan fingerprint density at radius 1 is 1.21 bits per heavy atom. The van der Waals surface area contributed by atoms with E-state index in [0.717, 1.165) is 5.56 Å². The highest BCUT2D eigenvalue weighted by Crippen LogP contribution is 2.36. The van der Waals surface area contributed by atoms with Gasteiger partial charge in [0, 0.05) is 13.1 Å². The molecule has 9 heteroatoms. The van der Waals surface area contributed by atoms with E-state index in [-0.39, 0.29) is 13.1 Å². The predicted molar refractivity (Wildman–Crippen MR) is 90.7 cm³/mol. The summed E-state index contributed by atoms with van der Waals surface area (Å²) in [5.41, 5.74) is 0.826. The van der Waals surface area contributed by atoms with Crippen molar-refractivity contribution in [2.45, 2.75) is 26.1 Å². The molecule has 0 spiro atoms. The standard InChI is InChI=1S/C15H21BrF3N3O2/c1-4-20-14(21-6-5-15(17,18)19)22-9-10-7-11(16)13(24-3)12(8-10)23-2/h7-8H,4-6,9H2,1-3H3,(H2,20,21,22). The zero-order valence-corrected chi connectivity index (χ0v) is 15.3. The van der Waals surface area contributed by atoms with Crippen molar-refractivity contribution in [1.82, 2.24) is 10.6 Å². The number of methoxy groups -OCH3 is 2. The van der Waals surface area contributed by atoms with Crippen molar-refractivity contribution in [1.29, 1.82) is 0 Å². The Kier molecular flexibility index (Phi) is 8.17. The molecular weight excluding hydrogens is 391 g/mol. The molecule has 1 aromatic carbocycles. The monoisotopic (exact) mass is 411 g/mol. The average molecular weight is 412 g/mol. The van der Waals surface area contributed by atoms with E-state index in [0.29, 0.717) is 28.5 Å². The molecule has 0 aromatic heterocycles. The fourth-order valence-electron chi connectivity index (χ4n) is 1.90. The predicted octanol–water partition coefficient (Wildman–Crippen LogP) is 3.47. The molecule has 1 rings (SSSR count). The number of alkyl halides is 3. The molecule has 0 saturated heterocycles. The minimum atomic E-state index is -4.20. The molecular formula is C15H21BrF3N3O2. The van der Waals surface area contributed by atoms with Gasteiger partial charge in [0.2, 0.25) is 0 Å². The molecule has 0 fully saturated rings. The molecule has 0 saturated carbocycles. The van der Waals surface area contributed by atoms with Crippen LogP contribution >= 0.6 is 15.9 Å². The summed E-state index contributed by atoms with van der Waals surface area (Å²) in [5, 5.41) is 5.57. The number of hydrogen-bond acceptors (Lipinski definition) is 3. The third-order valence-corrected chi connectivity index (χ3v) is 3.55. The first kappa shape index (κ1) is 20.4. The Balaban J connectivity index is 2.80. The molecule has 0 aliphatic carbocycles. The van der Waals surface area contributed by atoms with Crippen LogP contribution in [0.1, 0.15) is 18.9 Å². The summed E-state index contributed by atoms with van der Waals surface area (Å²) < 4.78 is 47.8. The summed E-state index contributed by atoms with van der Waals surface area (Å²) >= 11 is 3.39. The maximum absolute atomic E-state index is 12.2. The second kappa shape index (κ2) is 9.61. The number of nitrogens with one attached hydrogen (secondary N) is 2. The molecule has 2 N–H and O–H groups in total. The third-order valence-electron chi connectivity index (χ3n) is 2.96. The molecule has 0 bridgehead atoms. The molecule has 0 heterocycles. The summed E-state index contributed by atoms with van der Waals surface area (Å²) in [6.45, 7) is 2.44. The minimum absolute atomic E-state index is 0.231. The highest BCUT2D eigenvalue weighted by molar-refractivity contribution is 9.10. The van der Waals surface area contributed by atoms with E-state index < -0.39 is 12.6 Å². The number of ether oxygens (including phenoxy) is 2. The molecule has 0 radical (unpaired) electrons. The molecule has 136 valence electrons. The topological polar surface area (TPSA) is 54.9 Å². The minimum Gasteiger partial charge on any atom is -0.493 e. The van der Waals surface area contributed by atoms with E-state index in [4.69, 9.17) is 9.47 Å². The van der Waals surface area contributed by atoms with Gasteiger partial charge in [-0.15, -0.1) is 0 Å². The normalized spacial score (nSPS) is 12.0. The molecule has 5 nitrogen and oxygen atoms in total. The van der Waals surface area contributed by atoms with Gasteiger partial charge in [-0.2, -0.15) is 13.2 Å². The van der Waals surface area contributed by atoms with Crippen molar-refractivity contribution in [2.75, 3.05) is 27.3 Å². The van der Waals surface area contributed by atoms with Crippen LogP contribution < -0.4 is 20.1 Å².